The molecule has 122 valence electrons. The van der Waals surface area contributed by atoms with Gasteiger partial charge in [0.25, 0.3) is 5.91 Å². The predicted octanol–water partition coefficient (Wildman–Crippen LogP) is 2.38. The molecule has 1 unspecified atom stereocenters. The Balaban J connectivity index is 1.66. The molecule has 0 spiro atoms. The van der Waals surface area contributed by atoms with Crippen LogP contribution in [-0.4, -0.2) is 25.0 Å². The topological polar surface area (TPSA) is 83.4 Å². The van der Waals surface area contributed by atoms with E-state index in [1.807, 2.05) is 32.0 Å². The van der Waals surface area contributed by atoms with Gasteiger partial charge in [-0.1, -0.05) is 18.2 Å². The van der Waals surface area contributed by atoms with Crippen molar-refractivity contribution in [2.45, 2.75) is 19.9 Å². The van der Waals surface area contributed by atoms with Crippen molar-refractivity contribution in [1.82, 2.24) is 16.0 Å². The Bertz CT molecular complexity index is 652. The van der Waals surface area contributed by atoms with Crippen LogP contribution in [0.4, 0.5) is 4.79 Å². The molecule has 1 aromatic carbocycles. The van der Waals surface area contributed by atoms with E-state index in [1.54, 1.807) is 24.3 Å². The van der Waals surface area contributed by atoms with E-state index in [1.165, 1.54) is 0 Å². The van der Waals surface area contributed by atoms with Gasteiger partial charge in [-0.25, -0.2) is 4.79 Å². The summed E-state index contributed by atoms with van der Waals surface area (Å²) in [4.78, 5) is 23.6. The molecule has 3 N–H and O–H groups in total. The van der Waals surface area contributed by atoms with Gasteiger partial charge in [-0.05, 0) is 38.1 Å². The molecular weight excluding hydrogens is 294 g/mol. The highest BCUT2D eigenvalue weighted by Gasteiger charge is 2.12. The standard InChI is InChI=1S/C17H21N3O3/c1-12-8-9-15(23-12)13(2)20-17(22)19-11-10-18-16(21)14-6-4-3-5-7-14/h3-9,13H,10-11H2,1-2H3,(H,18,21)(H2,19,20,22). The lowest BCUT2D eigenvalue weighted by molar-refractivity contribution is 0.0954. The largest absolute Gasteiger partial charge is 0.464 e. The first-order valence-electron chi connectivity index (χ1n) is 7.50. The van der Waals surface area contributed by atoms with E-state index in [9.17, 15) is 9.59 Å². The van der Waals surface area contributed by atoms with E-state index >= 15 is 0 Å². The van der Waals surface area contributed by atoms with Crippen molar-refractivity contribution in [3.8, 4) is 0 Å². The number of hydrogen-bond acceptors (Lipinski definition) is 3. The van der Waals surface area contributed by atoms with Crippen LogP contribution in [0.15, 0.2) is 46.9 Å². The number of furan rings is 1. The molecule has 6 nitrogen and oxygen atoms in total. The molecule has 3 amide bonds. The van der Waals surface area contributed by atoms with Crippen molar-refractivity contribution in [2.24, 2.45) is 0 Å². The van der Waals surface area contributed by atoms with Crippen molar-refractivity contribution in [1.29, 1.82) is 0 Å². The van der Waals surface area contributed by atoms with E-state index in [4.69, 9.17) is 4.42 Å². The Hall–Kier alpha value is -2.76. The Kier molecular flexibility index (Phi) is 5.80. The summed E-state index contributed by atoms with van der Waals surface area (Å²) in [5, 5.41) is 8.21. The van der Waals surface area contributed by atoms with Crippen molar-refractivity contribution in [2.75, 3.05) is 13.1 Å². The zero-order chi connectivity index (χ0) is 16.7. The summed E-state index contributed by atoms with van der Waals surface area (Å²) in [6, 6.07) is 12.1. The number of carbonyl (C=O) groups is 2. The minimum Gasteiger partial charge on any atom is -0.464 e. The highest BCUT2D eigenvalue weighted by Crippen LogP contribution is 2.14. The van der Waals surface area contributed by atoms with Gasteiger partial charge in [0.1, 0.15) is 11.5 Å². The van der Waals surface area contributed by atoms with E-state index in [2.05, 4.69) is 16.0 Å². The van der Waals surface area contributed by atoms with Gasteiger partial charge in [-0.15, -0.1) is 0 Å². The molecule has 23 heavy (non-hydrogen) atoms. The number of carbonyl (C=O) groups excluding carboxylic acids is 2. The minimum absolute atomic E-state index is 0.160. The number of urea groups is 1. The third-order valence-electron chi connectivity index (χ3n) is 3.27. The lowest BCUT2D eigenvalue weighted by Crippen LogP contribution is -2.41. The van der Waals surface area contributed by atoms with Gasteiger partial charge in [0.15, 0.2) is 0 Å². The summed E-state index contributed by atoms with van der Waals surface area (Å²) in [6.45, 7) is 4.39. The maximum absolute atomic E-state index is 11.8. The summed E-state index contributed by atoms with van der Waals surface area (Å²) in [5.41, 5.74) is 0.596. The molecule has 1 aromatic heterocycles. The van der Waals surface area contributed by atoms with Crippen molar-refractivity contribution in [3.05, 3.63) is 59.5 Å². The summed E-state index contributed by atoms with van der Waals surface area (Å²) in [5.74, 6) is 1.35. The van der Waals surface area contributed by atoms with Crippen LogP contribution in [0.2, 0.25) is 0 Å². The lowest BCUT2D eigenvalue weighted by Gasteiger charge is -2.13. The fourth-order valence-electron chi connectivity index (χ4n) is 2.05. The maximum atomic E-state index is 11.8. The second-order valence-electron chi connectivity index (χ2n) is 5.19. The van der Waals surface area contributed by atoms with Crippen LogP contribution in [0.5, 0.6) is 0 Å². The van der Waals surface area contributed by atoms with Crippen LogP contribution < -0.4 is 16.0 Å². The molecule has 0 aliphatic carbocycles. The number of nitrogens with one attached hydrogen (secondary N) is 3. The van der Waals surface area contributed by atoms with Crippen molar-refractivity contribution in [3.63, 3.8) is 0 Å². The quantitative estimate of drug-likeness (QED) is 0.716. The predicted molar refractivity (Wildman–Crippen MR) is 87.2 cm³/mol. The van der Waals surface area contributed by atoms with Crippen molar-refractivity contribution >= 4 is 11.9 Å². The molecule has 2 aromatic rings. The average molecular weight is 315 g/mol. The second-order valence-corrected chi connectivity index (χ2v) is 5.19. The van der Waals surface area contributed by atoms with Crippen molar-refractivity contribution < 1.29 is 14.0 Å². The van der Waals surface area contributed by atoms with Crippen LogP contribution in [-0.2, 0) is 0 Å². The maximum Gasteiger partial charge on any atom is 0.315 e. The Labute approximate surface area is 135 Å². The molecule has 1 heterocycles. The fourth-order valence-corrected chi connectivity index (χ4v) is 2.05. The molecule has 0 saturated heterocycles. The SMILES string of the molecule is Cc1ccc(C(C)NC(=O)NCCNC(=O)c2ccccc2)o1. The van der Waals surface area contributed by atoms with E-state index in [0.29, 0.717) is 24.4 Å². The van der Waals surface area contributed by atoms with E-state index in [-0.39, 0.29) is 18.0 Å². The van der Waals surface area contributed by atoms with Gasteiger partial charge in [-0.2, -0.15) is 0 Å². The molecular formula is C17H21N3O3. The van der Waals surface area contributed by atoms with Gasteiger partial charge >= 0.3 is 6.03 Å². The van der Waals surface area contributed by atoms with Gasteiger partial charge in [0.2, 0.25) is 0 Å². The Morgan fingerprint density at radius 1 is 1.04 bits per heavy atom. The van der Waals surface area contributed by atoms with Gasteiger partial charge in [0, 0.05) is 18.7 Å². The van der Waals surface area contributed by atoms with Gasteiger partial charge in [-0.3, -0.25) is 4.79 Å². The monoisotopic (exact) mass is 315 g/mol. The number of hydrogen-bond donors (Lipinski definition) is 3. The third-order valence-corrected chi connectivity index (χ3v) is 3.27. The minimum atomic E-state index is -0.305. The highest BCUT2D eigenvalue weighted by molar-refractivity contribution is 5.94. The Morgan fingerprint density at radius 3 is 2.39 bits per heavy atom. The molecule has 0 radical (unpaired) electrons. The smallest absolute Gasteiger partial charge is 0.315 e. The lowest BCUT2D eigenvalue weighted by atomic mass is 10.2. The molecule has 0 bridgehead atoms. The molecule has 1 atom stereocenters. The molecule has 6 heteroatoms. The summed E-state index contributed by atoms with van der Waals surface area (Å²) in [7, 11) is 0. The van der Waals surface area contributed by atoms with Gasteiger partial charge < -0.3 is 20.4 Å². The van der Waals surface area contributed by atoms with Crippen LogP contribution >= 0.6 is 0 Å². The highest BCUT2D eigenvalue weighted by atomic mass is 16.3. The zero-order valence-corrected chi connectivity index (χ0v) is 13.3. The van der Waals surface area contributed by atoms with Crippen LogP contribution in [0.25, 0.3) is 0 Å². The molecule has 0 aliphatic rings. The van der Waals surface area contributed by atoms with E-state index in [0.717, 1.165) is 5.76 Å². The number of rotatable bonds is 6. The Morgan fingerprint density at radius 2 is 1.74 bits per heavy atom. The normalized spacial score (nSPS) is 11.6. The molecule has 0 saturated carbocycles. The fraction of sp³-hybridized carbons (Fsp3) is 0.294. The van der Waals surface area contributed by atoms with Crippen LogP contribution in [0.3, 0.4) is 0 Å². The average Bonchev–Trinajstić information content (AvgIpc) is 2.99. The number of aryl methyl sites for hydroxylation is 1. The summed E-state index contributed by atoms with van der Waals surface area (Å²) in [6.07, 6.45) is 0. The molecule has 0 aliphatic heterocycles. The van der Waals surface area contributed by atoms with Crippen LogP contribution in [0.1, 0.15) is 34.8 Å². The second kappa shape index (κ2) is 8.03. The first kappa shape index (κ1) is 16.6. The summed E-state index contributed by atoms with van der Waals surface area (Å²) >= 11 is 0. The molecule has 0 fully saturated rings. The summed E-state index contributed by atoms with van der Waals surface area (Å²) < 4.78 is 5.45. The van der Waals surface area contributed by atoms with Crippen LogP contribution in [0, 0.1) is 6.92 Å². The first-order chi connectivity index (χ1) is 11.1. The third kappa shape index (κ3) is 5.18. The van der Waals surface area contributed by atoms with E-state index < -0.39 is 0 Å². The molecule has 2 rings (SSSR count). The van der Waals surface area contributed by atoms with Gasteiger partial charge in [0.05, 0.1) is 6.04 Å². The number of benzene rings is 1. The first-order valence-corrected chi connectivity index (χ1v) is 7.50. The number of amides is 3. The zero-order valence-electron chi connectivity index (χ0n) is 13.3.